The molecular formula is C9H11ClN2OS. The maximum absolute atomic E-state index is 11.8. The fourth-order valence-electron chi connectivity index (χ4n) is 1.23. The molecule has 76 valence electrons. The van der Waals surface area contributed by atoms with Crippen LogP contribution in [0.3, 0.4) is 0 Å². The van der Waals surface area contributed by atoms with Crippen LogP contribution in [0.15, 0.2) is 16.6 Å². The predicted molar refractivity (Wildman–Crippen MR) is 58.6 cm³/mol. The van der Waals surface area contributed by atoms with Gasteiger partial charge in [0.1, 0.15) is 0 Å². The third kappa shape index (κ3) is 1.91. The molecule has 0 N–H and O–H groups in total. The molecule has 1 aliphatic rings. The van der Waals surface area contributed by atoms with E-state index < -0.39 is 9.73 Å². The number of hydrogen-bond donors (Lipinski definition) is 0. The lowest BCUT2D eigenvalue weighted by Gasteiger charge is -2.17. The largest absolute Gasteiger partial charge is 0.249 e. The van der Waals surface area contributed by atoms with Crippen LogP contribution in [0.2, 0.25) is 5.02 Å². The summed E-state index contributed by atoms with van der Waals surface area (Å²) >= 11 is 5.93. The average Bonchev–Trinajstić information content (AvgIpc) is 2.07. The Labute approximate surface area is 88.7 Å². The van der Waals surface area contributed by atoms with Crippen LogP contribution in [-0.2, 0) is 9.73 Å². The molecule has 0 atom stereocenters. The Kier molecular flexibility index (Phi) is 2.49. The summed E-state index contributed by atoms with van der Waals surface area (Å²) < 4.78 is 15.9. The zero-order valence-corrected chi connectivity index (χ0v) is 9.44. The Bertz CT molecular complexity index is 468. The molecule has 2 heterocycles. The smallest absolute Gasteiger partial charge is 0.180 e. The normalized spacial score (nSPS) is 18.7. The van der Waals surface area contributed by atoms with Crippen LogP contribution in [0.4, 0.5) is 5.82 Å². The summed E-state index contributed by atoms with van der Waals surface area (Å²) in [6.07, 6.45) is 2.68. The van der Waals surface area contributed by atoms with Crippen LogP contribution in [0, 0.1) is 6.92 Å². The highest BCUT2D eigenvalue weighted by Crippen LogP contribution is 2.26. The topological polar surface area (TPSA) is 42.3 Å². The predicted octanol–water partition coefficient (Wildman–Crippen LogP) is 2.55. The zero-order chi connectivity index (χ0) is 10.2. The van der Waals surface area contributed by atoms with E-state index in [1.807, 2.05) is 6.92 Å². The molecule has 5 heteroatoms. The second-order valence-corrected chi connectivity index (χ2v) is 6.40. The Morgan fingerprint density at radius 1 is 1.57 bits per heavy atom. The van der Waals surface area contributed by atoms with Crippen molar-refractivity contribution >= 4 is 27.1 Å². The number of pyridine rings is 1. The van der Waals surface area contributed by atoms with E-state index in [2.05, 4.69) is 9.35 Å². The molecule has 2 rings (SSSR count). The first-order chi connectivity index (χ1) is 6.59. The summed E-state index contributed by atoms with van der Waals surface area (Å²) in [6, 6.07) is 1.79. The van der Waals surface area contributed by atoms with Gasteiger partial charge in [-0.1, -0.05) is 11.6 Å². The van der Waals surface area contributed by atoms with Gasteiger partial charge in [-0.2, -0.15) is 4.36 Å². The third-order valence-corrected chi connectivity index (χ3v) is 4.77. The molecule has 0 spiro atoms. The highest BCUT2D eigenvalue weighted by Gasteiger charge is 2.20. The maximum atomic E-state index is 11.8. The summed E-state index contributed by atoms with van der Waals surface area (Å²) in [5, 5.41) is 0.486. The lowest BCUT2D eigenvalue weighted by Crippen LogP contribution is -2.23. The first-order valence-electron chi connectivity index (χ1n) is 4.44. The summed E-state index contributed by atoms with van der Waals surface area (Å²) in [7, 11) is -2.00. The van der Waals surface area contributed by atoms with Gasteiger partial charge in [0.2, 0.25) is 0 Å². The van der Waals surface area contributed by atoms with Crippen molar-refractivity contribution in [1.82, 2.24) is 4.98 Å². The van der Waals surface area contributed by atoms with Crippen LogP contribution in [0.1, 0.15) is 12.0 Å². The minimum Gasteiger partial charge on any atom is -0.249 e. The van der Waals surface area contributed by atoms with E-state index in [4.69, 9.17) is 11.6 Å². The van der Waals surface area contributed by atoms with E-state index in [0.29, 0.717) is 22.3 Å². The average molecular weight is 231 g/mol. The van der Waals surface area contributed by atoms with Crippen molar-refractivity contribution in [3.8, 4) is 0 Å². The minimum absolute atomic E-state index is 0.418. The van der Waals surface area contributed by atoms with Gasteiger partial charge in [0, 0.05) is 17.7 Å². The van der Waals surface area contributed by atoms with Gasteiger partial charge < -0.3 is 0 Å². The number of nitrogens with zero attached hydrogens (tertiary/aromatic N) is 2. The van der Waals surface area contributed by atoms with Gasteiger partial charge in [-0.15, -0.1) is 0 Å². The number of hydrogen-bond acceptors (Lipinski definition) is 3. The highest BCUT2D eigenvalue weighted by atomic mass is 35.5. The van der Waals surface area contributed by atoms with Crippen molar-refractivity contribution in [3.63, 3.8) is 0 Å². The van der Waals surface area contributed by atoms with Gasteiger partial charge >= 0.3 is 0 Å². The molecule has 0 radical (unpaired) electrons. The van der Waals surface area contributed by atoms with E-state index in [0.717, 1.165) is 12.0 Å². The van der Waals surface area contributed by atoms with Gasteiger partial charge in [-0.3, -0.25) is 0 Å². The molecule has 1 aromatic rings. The fraction of sp³-hybridized carbons (Fsp3) is 0.444. The van der Waals surface area contributed by atoms with Crippen molar-refractivity contribution in [2.24, 2.45) is 4.36 Å². The van der Waals surface area contributed by atoms with Crippen LogP contribution in [0.5, 0.6) is 0 Å². The summed E-state index contributed by atoms with van der Waals surface area (Å²) in [5.74, 6) is 1.78. The fourth-order valence-corrected chi connectivity index (χ4v) is 2.97. The molecule has 1 saturated heterocycles. The molecule has 0 unspecified atom stereocenters. The van der Waals surface area contributed by atoms with Crippen LogP contribution in [-0.4, -0.2) is 20.7 Å². The summed E-state index contributed by atoms with van der Waals surface area (Å²) in [6.45, 7) is 1.91. The summed E-state index contributed by atoms with van der Waals surface area (Å²) in [4.78, 5) is 4.07. The molecule has 3 nitrogen and oxygen atoms in total. The Morgan fingerprint density at radius 2 is 2.29 bits per heavy atom. The summed E-state index contributed by atoms with van der Waals surface area (Å²) in [5.41, 5.74) is 0.984. The van der Waals surface area contributed by atoms with Gasteiger partial charge in [0.25, 0.3) is 0 Å². The molecule has 0 amide bonds. The molecule has 0 bridgehead atoms. The second kappa shape index (κ2) is 3.51. The Morgan fingerprint density at radius 3 is 2.79 bits per heavy atom. The number of rotatable bonds is 1. The molecule has 1 fully saturated rings. The monoisotopic (exact) mass is 230 g/mol. The SMILES string of the molecule is Cc1cnc(N=S2(=O)CCC2)c(Cl)c1. The lowest BCUT2D eigenvalue weighted by atomic mass is 10.3. The highest BCUT2D eigenvalue weighted by molar-refractivity contribution is 7.95. The van der Waals surface area contributed by atoms with Crippen LogP contribution in [0.25, 0.3) is 0 Å². The van der Waals surface area contributed by atoms with E-state index in [1.54, 1.807) is 12.3 Å². The molecule has 0 aromatic carbocycles. The van der Waals surface area contributed by atoms with Gasteiger partial charge in [0.15, 0.2) is 5.82 Å². The van der Waals surface area contributed by atoms with E-state index >= 15 is 0 Å². The molecule has 1 aromatic heterocycles. The molecular weight excluding hydrogens is 220 g/mol. The standard InChI is InChI=1S/C9H11ClN2OS/c1-7-5-8(10)9(11-6-7)12-14(13)3-2-4-14/h5-6H,2-4H2,1H3. The number of aromatic nitrogens is 1. The van der Waals surface area contributed by atoms with E-state index in [9.17, 15) is 4.21 Å². The quantitative estimate of drug-likeness (QED) is 0.744. The number of halogens is 1. The first-order valence-corrected chi connectivity index (χ1v) is 6.67. The van der Waals surface area contributed by atoms with E-state index in [1.165, 1.54) is 0 Å². The van der Waals surface area contributed by atoms with Gasteiger partial charge in [-0.25, -0.2) is 9.19 Å². The van der Waals surface area contributed by atoms with Crippen molar-refractivity contribution in [2.45, 2.75) is 13.3 Å². The van der Waals surface area contributed by atoms with Crippen molar-refractivity contribution in [2.75, 3.05) is 11.5 Å². The number of aryl methyl sites for hydroxylation is 1. The molecule has 0 saturated carbocycles. The van der Waals surface area contributed by atoms with Crippen molar-refractivity contribution in [1.29, 1.82) is 0 Å². The zero-order valence-electron chi connectivity index (χ0n) is 7.86. The second-order valence-electron chi connectivity index (χ2n) is 3.44. The Balaban J connectivity index is 2.43. The third-order valence-electron chi connectivity index (χ3n) is 2.14. The lowest BCUT2D eigenvalue weighted by molar-refractivity contribution is 0.663. The Hall–Kier alpha value is -0.610. The van der Waals surface area contributed by atoms with E-state index in [-0.39, 0.29) is 0 Å². The van der Waals surface area contributed by atoms with Gasteiger partial charge in [0.05, 0.1) is 14.8 Å². The minimum atomic E-state index is -2.00. The van der Waals surface area contributed by atoms with Crippen LogP contribution < -0.4 is 0 Å². The molecule has 0 aliphatic carbocycles. The molecule has 1 aliphatic heterocycles. The molecule has 14 heavy (non-hydrogen) atoms. The van der Waals surface area contributed by atoms with Crippen LogP contribution >= 0.6 is 11.6 Å². The first kappa shape index (κ1) is 9.93. The van der Waals surface area contributed by atoms with Crippen molar-refractivity contribution in [3.05, 3.63) is 22.8 Å². The van der Waals surface area contributed by atoms with Gasteiger partial charge in [-0.05, 0) is 25.0 Å². The maximum Gasteiger partial charge on any atom is 0.180 e. The van der Waals surface area contributed by atoms with Crippen molar-refractivity contribution < 1.29 is 4.21 Å².